The Morgan fingerprint density at radius 3 is 2.22 bits per heavy atom. The first kappa shape index (κ1) is 14.3. The summed E-state index contributed by atoms with van der Waals surface area (Å²) in [7, 11) is 0. The molecule has 2 aliphatic rings. The summed E-state index contributed by atoms with van der Waals surface area (Å²) in [6, 6.07) is 0.651. The molecule has 0 aromatic carbocycles. The topological polar surface area (TPSA) is 32.3 Å². The monoisotopic (exact) mass is 253 g/mol. The zero-order valence-electron chi connectivity index (χ0n) is 12.5. The number of aliphatic hydroxyl groups is 1. The second-order valence-electron chi connectivity index (χ2n) is 7.35. The molecule has 0 bridgehead atoms. The number of hydrogen-bond donors (Lipinski definition) is 2. The summed E-state index contributed by atoms with van der Waals surface area (Å²) in [6.07, 6.45) is 9.80. The average Bonchev–Trinajstić information content (AvgIpc) is 2.34. The lowest BCUT2D eigenvalue weighted by Crippen LogP contribution is -2.49. The fourth-order valence-corrected chi connectivity index (χ4v) is 3.46. The Labute approximate surface area is 113 Å². The van der Waals surface area contributed by atoms with Gasteiger partial charge in [-0.2, -0.15) is 0 Å². The number of nitrogens with one attached hydrogen (secondary N) is 1. The van der Waals surface area contributed by atoms with Crippen LogP contribution in [0.2, 0.25) is 0 Å². The van der Waals surface area contributed by atoms with E-state index in [9.17, 15) is 5.11 Å². The molecule has 0 atom stereocenters. The molecule has 2 nitrogen and oxygen atoms in total. The molecule has 0 saturated heterocycles. The largest absolute Gasteiger partial charge is 0.389 e. The molecule has 0 unspecified atom stereocenters. The highest BCUT2D eigenvalue weighted by molar-refractivity contribution is 4.92. The Morgan fingerprint density at radius 1 is 1.17 bits per heavy atom. The van der Waals surface area contributed by atoms with Crippen molar-refractivity contribution in [2.24, 2.45) is 11.3 Å². The molecule has 18 heavy (non-hydrogen) atoms. The molecular formula is C16H31NO. The fourth-order valence-electron chi connectivity index (χ4n) is 3.46. The summed E-state index contributed by atoms with van der Waals surface area (Å²) in [4.78, 5) is 0. The third-order valence-corrected chi connectivity index (χ3v) is 5.75. The Bertz CT molecular complexity index is 262. The maximum absolute atomic E-state index is 10.1. The van der Waals surface area contributed by atoms with E-state index in [4.69, 9.17) is 0 Å². The summed E-state index contributed by atoms with van der Waals surface area (Å²) in [5.41, 5.74) is 0.149. The molecule has 0 aromatic heterocycles. The van der Waals surface area contributed by atoms with Gasteiger partial charge in [-0.3, -0.25) is 0 Å². The predicted octanol–water partition coefficient (Wildman–Crippen LogP) is 3.49. The first-order chi connectivity index (χ1) is 8.45. The highest BCUT2D eigenvalue weighted by Crippen LogP contribution is 2.40. The lowest BCUT2D eigenvalue weighted by molar-refractivity contribution is -0.0347. The van der Waals surface area contributed by atoms with Crippen molar-refractivity contribution in [3.8, 4) is 0 Å². The van der Waals surface area contributed by atoms with Crippen LogP contribution in [0.3, 0.4) is 0 Å². The van der Waals surface area contributed by atoms with Crippen molar-refractivity contribution < 1.29 is 5.11 Å². The summed E-state index contributed by atoms with van der Waals surface area (Å²) in [5, 5.41) is 13.7. The van der Waals surface area contributed by atoms with Crippen molar-refractivity contribution >= 4 is 0 Å². The molecule has 0 amide bonds. The van der Waals surface area contributed by atoms with Crippen LogP contribution in [0.15, 0.2) is 0 Å². The van der Waals surface area contributed by atoms with E-state index < -0.39 is 0 Å². The van der Waals surface area contributed by atoms with Gasteiger partial charge in [-0.1, -0.05) is 27.2 Å². The molecule has 2 aliphatic carbocycles. The van der Waals surface area contributed by atoms with Crippen molar-refractivity contribution in [1.29, 1.82) is 0 Å². The molecule has 2 heteroatoms. The second-order valence-corrected chi connectivity index (χ2v) is 7.35. The van der Waals surface area contributed by atoms with Gasteiger partial charge in [0.25, 0.3) is 0 Å². The molecule has 2 saturated carbocycles. The normalized spacial score (nSPS) is 32.0. The van der Waals surface area contributed by atoms with Crippen LogP contribution >= 0.6 is 0 Å². The van der Waals surface area contributed by atoms with E-state index in [1.54, 1.807) is 0 Å². The van der Waals surface area contributed by atoms with E-state index in [0.29, 0.717) is 11.5 Å². The van der Waals surface area contributed by atoms with Gasteiger partial charge in [-0.15, -0.1) is 0 Å². The Kier molecular flexibility index (Phi) is 4.38. The molecule has 106 valence electrons. The van der Waals surface area contributed by atoms with Gasteiger partial charge in [0.15, 0.2) is 0 Å². The van der Waals surface area contributed by atoms with Crippen LogP contribution in [0.1, 0.15) is 72.1 Å². The van der Waals surface area contributed by atoms with Gasteiger partial charge in [0.2, 0.25) is 0 Å². The summed E-state index contributed by atoms with van der Waals surface area (Å²) in [6.45, 7) is 7.97. The molecule has 0 aromatic rings. The van der Waals surface area contributed by atoms with E-state index in [1.807, 2.05) is 0 Å². The van der Waals surface area contributed by atoms with Crippen molar-refractivity contribution in [2.45, 2.75) is 83.8 Å². The summed E-state index contributed by atoms with van der Waals surface area (Å²) < 4.78 is 0. The summed E-state index contributed by atoms with van der Waals surface area (Å²) >= 11 is 0. The molecule has 0 radical (unpaired) electrons. The van der Waals surface area contributed by atoms with Crippen LogP contribution in [0, 0.1) is 11.3 Å². The third kappa shape index (κ3) is 3.27. The first-order valence-electron chi connectivity index (χ1n) is 7.91. The van der Waals surface area contributed by atoms with Crippen LogP contribution < -0.4 is 5.32 Å². The quantitative estimate of drug-likeness (QED) is 0.786. The van der Waals surface area contributed by atoms with E-state index in [-0.39, 0.29) is 5.60 Å². The minimum atomic E-state index is -0.362. The molecule has 0 aliphatic heterocycles. The number of hydrogen-bond acceptors (Lipinski definition) is 2. The van der Waals surface area contributed by atoms with Gasteiger partial charge in [0.1, 0.15) is 0 Å². The number of rotatable bonds is 5. The van der Waals surface area contributed by atoms with Crippen LogP contribution in [0.25, 0.3) is 0 Å². The molecule has 2 N–H and O–H groups in total. The predicted molar refractivity (Wildman–Crippen MR) is 76.6 cm³/mol. The minimum absolute atomic E-state index is 0.362. The van der Waals surface area contributed by atoms with Crippen molar-refractivity contribution in [3.63, 3.8) is 0 Å². The van der Waals surface area contributed by atoms with E-state index in [2.05, 4.69) is 26.1 Å². The third-order valence-electron chi connectivity index (χ3n) is 5.75. The van der Waals surface area contributed by atoms with E-state index in [0.717, 1.165) is 25.3 Å². The van der Waals surface area contributed by atoms with Gasteiger partial charge < -0.3 is 10.4 Å². The van der Waals surface area contributed by atoms with E-state index in [1.165, 1.54) is 38.5 Å². The van der Waals surface area contributed by atoms with Crippen LogP contribution in [-0.2, 0) is 0 Å². The van der Waals surface area contributed by atoms with Gasteiger partial charge in [0.05, 0.1) is 5.60 Å². The van der Waals surface area contributed by atoms with Gasteiger partial charge in [-0.25, -0.2) is 0 Å². The first-order valence-corrected chi connectivity index (χ1v) is 7.91. The maximum atomic E-state index is 10.1. The van der Waals surface area contributed by atoms with Crippen molar-refractivity contribution in [1.82, 2.24) is 5.32 Å². The van der Waals surface area contributed by atoms with E-state index >= 15 is 0 Å². The van der Waals surface area contributed by atoms with Crippen LogP contribution in [-0.4, -0.2) is 23.3 Å². The SMILES string of the molecule is CCC(C)(C)C1CCC(NCC2(O)CCC2)CC1. The Hall–Kier alpha value is -0.0800. The second kappa shape index (κ2) is 5.50. The van der Waals surface area contributed by atoms with Gasteiger partial charge in [0, 0.05) is 12.6 Å². The zero-order valence-corrected chi connectivity index (χ0v) is 12.5. The van der Waals surface area contributed by atoms with Gasteiger partial charge >= 0.3 is 0 Å². The zero-order chi connectivity index (χ0) is 13.2. The lowest BCUT2D eigenvalue weighted by atomic mass is 9.69. The highest BCUT2D eigenvalue weighted by Gasteiger charge is 2.36. The Balaban J connectivity index is 1.70. The fraction of sp³-hybridized carbons (Fsp3) is 1.00. The van der Waals surface area contributed by atoms with Crippen LogP contribution in [0.4, 0.5) is 0 Å². The average molecular weight is 253 g/mol. The summed E-state index contributed by atoms with van der Waals surface area (Å²) in [5.74, 6) is 0.896. The van der Waals surface area contributed by atoms with Crippen molar-refractivity contribution in [3.05, 3.63) is 0 Å². The van der Waals surface area contributed by atoms with Crippen LogP contribution in [0.5, 0.6) is 0 Å². The highest BCUT2D eigenvalue weighted by atomic mass is 16.3. The molecule has 2 fully saturated rings. The Morgan fingerprint density at radius 2 is 1.78 bits per heavy atom. The minimum Gasteiger partial charge on any atom is -0.389 e. The smallest absolute Gasteiger partial charge is 0.0771 e. The maximum Gasteiger partial charge on any atom is 0.0771 e. The molecule has 0 heterocycles. The standard InChI is InChI=1S/C16H31NO/c1-4-15(2,3)13-6-8-14(9-7-13)17-12-16(18)10-5-11-16/h13-14,17-18H,4-12H2,1-3H3. The molecule has 0 spiro atoms. The van der Waals surface area contributed by atoms with Crippen molar-refractivity contribution in [2.75, 3.05) is 6.54 Å². The lowest BCUT2D eigenvalue weighted by Gasteiger charge is -2.41. The molecule has 2 rings (SSSR count). The molecular weight excluding hydrogens is 222 g/mol. The van der Waals surface area contributed by atoms with Gasteiger partial charge in [-0.05, 0) is 56.3 Å².